The first-order valence-corrected chi connectivity index (χ1v) is 9.43. The van der Waals surface area contributed by atoms with Crippen LogP contribution in [0.4, 0.5) is 0 Å². The van der Waals surface area contributed by atoms with Gasteiger partial charge in [-0.25, -0.2) is 9.59 Å². The molecule has 0 aliphatic carbocycles. The number of carbonyl (C=O) groups excluding carboxylic acids is 2. The Labute approximate surface area is 175 Å². The Bertz CT molecular complexity index is 738. The molecule has 0 amide bonds. The summed E-state index contributed by atoms with van der Waals surface area (Å²) < 4.78 is 31.5. The molecular weight excluding hydrogens is 392 g/mol. The third-order valence-electron chi connectivity index (χ3n) is 3.93. The van der Waals surface area contributed by atoms with Crippen molar-refractivity contribution in [1.82, 2.24) is 0 Å². The molecule has 0 N–H and O–H groups in total. The van der Waals surface area contributed by atoms with Crippen LogP contribution in [-0.4, -0.2) is 65.8 Å². The second kappa shape index (κ2) is 13.2. The number of hydrogen-bond donors (Lipinski definition) is 0. The third-order valence-corrected chi connectivity index (χ3v) is 3.93. The van der Waals surface area contributed by atoms with Crippen LogP contribution in [0, 0.1) is 0 Å². The lowest BCUT2D eigenvalue weighted by atomic mass is 10.2. The summed E-state index contributed by atoms with van der Waals surface area (Å²) in [6.07, 6.45) is 0. The molecule has 0 aliphatic heterocycles. The highest BCUT2D eigenvalue weighted by molar-refractivity contribution is 5.92. The molecule has 0 atom stereocenters. The van der Waals surface area contributed by atoms with Crippen molar-refractivity contribution in [3.05, 3.63) is 59.7 Å². The van der Waals surface area contributed by atoms with Gasteiger partial charge in [-0.05, 0) is 24.3 Å². The van der Waals surface area contributed by atoms with E-state index in [1.165, 1.54) is 14.2 Å². The first-order chi connectivity index (χ1) is 14.7. The maximum absolute atomic E-state index is 11.7. The van der Waals surface area contributed by atoms with Gasteiger partial charge in [0.1, 0.15) is 35.8 Å². The lowest BCUT2D eigenvalue weighted by Crippen LogP contribution is -2.15. The molecule has 2 rings (SSSR count). The van der Waals surface area contributed by atoms with Gasteiger partial charge in [-0.15, -0.1) is 0 Å². The maximum atomic E-state index is 11.7. The van der Waals surface area contributed by atoms with Gasteiger partial charge < -0.3 is 28.4 Å². The standard InChI is InChI=1S/C22H26O8/c1-25-21(23)17-7-3-5-9-19(17)29-15-13-27-11-12-28-14-16-30-20-10-6-4-8-18(20)22(24)26-2/h3-10H,11-16H2,1-2H3. The quantitative estimate of drug-likeness (QED) is 0.362. The number of carbonyl (C=O) groups is 2. The van der Waals surface area contributed by atoms with E-state index in [1.54, 1.807) is 48.5 Å². The zero-order valence-electron chi connectivity index (χ0n) is 17.1. The van der Waals surface area contributed by atoms with E-state index in [2.05, 4.69) is 0 Å². The van der Waals surface area contributed by atoms with Crippen molar-refractivity contribution < 1.29 is 38.0 Å². The van der Waals surface area contributed by atoms with Crippen LogP contribution in [0.2, 0.25) is 0 Å². The monoisotopic (exact) mass is 418 g/mol. The van der Waals surface area contributed by atoms with Gasteiger partial charge in [-0.2, -0.15) is 0 Å². The van der Waals surface area contributed by atoms with E-state index >= 15 is 0 Å². The predicted molar refractivity (Wildman–Crippen MR) is 108 cm³/mol. The van der Waals surface area contributed by atoms with Gasteiger partial charge in [-0.3, -0.25) is 0 Å². The molecule has 0 bridgehead atoms. The van der Waals surface area contributed by atoms with Crippen LogP contribution in [0.1, 0.15) is 20.7 Å². The smallest absolute Gasteiger partial charge is 0.341 e. The predicted octanol–water partition coefficient (Wildman–Crippen LogP) is 2.75. The Morgan fingerprint density at radius 3 is 1.37 bits per heavy atom. The number of rotatable bonds is 13. The van der Waals surface area contributed by atoms with Crippen molar-refractivity contribution in [2.45, 2.75) is 0 Å². The molecule has 0 aliphatic rings. The minimum absolute atomic E-state index is 0.293. The van der Waals surface area contributed by atoms with Crippen molar-refractivity contribution >= 4 is 11.9 Å². The van der Waals surface area contributed by atoms with Crippen LogP contribution >= 0.6 is 0 Å². The number of benzene rings is 2. The second-order valence-corrected chi connectivity index (χ2v) is 5.90. The SMILES string of the molecule is COC(=O)c1ccccc1OCCOCCOCCOc1ccccc1C(=O)OC. The number of hydrogen-bond acceptors (Lipinski definition) is 8. The van der Waals surface area contributed by atoms with E-state index in [9.17, 15) is 9.59 Å². The largest absolute Gasteiger partial charge is 0.490 e. The zero-order chi connectivity index (χ0) is 21.6. The molecule has 0 fully saturated rings. The van der Waals surface area contributed by atoms with Crippen molar-refractivity contribution in [2.24, 2.45) is 0 Å². The Hall–Kier alpha value is -3.10. The van der Waals surface area contributed by atoms with Crippen molar-refractivity contribution in [3.63, 3.8) is 0 Å². The molecule has 162 valence electrons. The van der Waals surface area contributed by atoms with E-state index in [4.69, 9.17) is 28.4 Å². The van der Waals surface area contributed by atoms with Crippen LogP contribution < -0.4 is 9.47 Å². The topological polar surface area (TPSA) is 89.5 Å². The normalized spacial score (nSPS) is 10.3. The van der Waals surface area contributed by atoms with E-state index in [0.29, 0.717) is 62.3 Å². The van der Waals surface area contributed by atoms with Gasteiger partial charge >= 0.3 is 11.9 Å². The highest BCUT2D eigenvalue weighted by Crippen LogP contribution is 2.19. The third kappa shape index (κ3) is 7.38. The molecule has 0 saturated heterocycles. The zero-order valence-corrected chi connectivity index (χ0v) is 17.1. The van der Waals surface area contributed by atoms with Gasteiger partial charge in [0, 0.05) is 0 Å². The van der Waals surface area contributed by atoms with E-state index in [-0.39, 0.29) is 0 Å². The highest BCUT2D eigenvalue weighted by atomic mass is 16.6. The number of para-hydroxylation sites is 2. The lowest BCUT2D eigenvalue weighted by Gasteiger charge is -2.11. The molecule has 2 aromatic carbocycles. The number of esters is 2. The van der Waals surface area contributed by atoms with Crippen LogP contribution in [0.5, 0.6) is 11.5 Å². The van der Waals surface area contributed by atoms with E-state index in [1.807, 2.05) is 0 Å². The molecule has 0 radical (unpaired) electrons. The Morgan fingerprint density at radius 2 is 0.967 bits per heavy atom. The Kier molecular flexibility index (Phi) is 10.2. The molecule has 8 nitrogen and oxygen atoms in total. The highest BCUT2D eigenvalue weighted by Gasteiger charge is 2.12. The summed E-state index contributed by atoms with van der Waals surface area (Å²) in [6, 6.07) is 13.7. The average molecular weight is 418 g/mol. The van der Waals surface area contributed by atoms with Gasteiger partial charge in [-0.1, -0.05) is 24.3 Å². The first kappa shape index (κ1) is 23.2. The molecule has 0 aromatic heterocycles. The molecule has 30 heavy (non-hydrogen) atoms. The second-order valence-electron chi connectivity index (χ2n) is 5.90. The van der Waals surface area contributed by atoms with Gasteiger partial charge in [0.2, 0.25) is 0 Å². The Morgan fingerprint density at radius 1 is 0.600 bits per heavy atom. The van der Waals surface area contributed by atoms with Crippen LogP contribution in [0.15, 0.2) is 48.5 Å². The van der Waals surface area contributed by atoms with Crippen LogP contribution in [0.3, 0.4) is 0 Å². The van der Waals surface area contributed by atoms with E-state index in [0.717, 1.165) is 0 Å². The summed E-state index contributed by atoms with van der Waals surface area (Å²) in [5.41, 5.74) is 0.745. The van der Waals surface area contributed by atoms with Crippen LogP contribution in [-0.2, 0) is 18.9 Å². The fraction of sp³-hybridized carbons (Fsp3) is 0.364. The summed E-state index contributed by atoms with van der Waals surface area (Å²) in [7, 11) is 2.65. The molecule has 0 unspecified atom stereocenters. The van der Waals surface area contributed by atoms with Crippen molar-refractivity contribution in [3.8, 4) is 11.5 Å². The summed E-state index contributed by atoms with van der Waals surface area (Å²) >= 11 is 0. The number of methoxy groups -OCH3 is 2. The fourth-order valence-corrected chi connectivity index (χ4v) is 2.49. The maximum Gasteiger partial charge on any atom is 0.341 e. The Balaban J connectivity index is 1.56. The van der Waals surface area contributed by atoms with Crippen molar-refractivity contribution in [2.75, 3.05) is 53.9 Å². The average Bonchev–Trinajstić information content (AvgIpc) is 2.79. The van der Waals surface area contributed by atoms with Crippen molar-refractivity contribution in [1.29, 1.82) is 0 Å². The summed E-state index contributed by atoms with van der Waals surface area (Å²) in [4.78, 5) is 23.3. The molecule has 0 saturated carbocycles. The molecule has 0 heterocycles. The summed E-state index contributed by atoms with van der Waals surface area (Å²) in [6.45, 7) is 2.06. The van der Waals surface area contributed by atoms with Gasteiger partial charge in [0.25, 0.3) is 0 Å². The van der Waals surface area contributed by atoms with Crippen LogP contribution in [0.25, 0.3) is 0 Å². The lowest BCUT2D eigenvalue weighted by molar-refractivity contribution is 0.0268. The fourth-order valence-electron chi connectivity index (χ4n) is 2.49. The first-order valence-electron chi connectivity index (χ1n) is 9.43. The summed E-state index contributed by atoms with van der Waals surface area (Å²) in [5.74, 6) is 0.00913. The molecule has 8 heteroatoms. The van der Waals surface area contributed by atoms with Gasteiger partial charge in [0.15, 0.2) is 0 Å². The molecule has 2 aromatic rings. The van der Waals surface area contributed by atoms with E-state index < -0.39 is 11.9 Å². The van der Waals surface area contributed by atoms with Gasteiger partial charge in [0.05, 0.1) is 40.6 Å². The minimum atomic E-state index is -0.448. The number of ether oxygens (including phenoxy) is 6. The summed E-state index contributed by atoms with van der Waals surface area (Å²) in [5, 5.41) is 0. The minimum Gasteiger partial charge on any atom is -0.490 e. The molecule has 0 spiro atoms. The molecular formula is C22H26O8.